The van der Waals surface area contributed by atoms with Crippen molar-refractivity contribution in [3.63, 3.8) is 0 Å². The molecular formula is C16H23NO. The minimum absolute atomic E-state index is 0.114. The first kappa shape index (κ1) is 12.0. The van der Waals surface area contributed by atoms with Crippen LogP contribution in [0.1, 0.15) is 56.6 Å². The van der Waals surface area contributed by atoms with E-state index in [1.807, 2.05) is 0 Å². The van der Waals surface area contributed by atoms with Crippen molar-refractivity contribution in [2.75, 3.05) is 0 Å². The maximum atomic E-state index is 6.59. The monoisotopic (exact) mass is 245 g/mol. The lowest BCUT2D eigenvalue weighted by molar-refractivity contribution is 0.191. The van der Waals surface area contributed by atoms with E-state index in [1.165, 1.54) is 30.4 Å². The first-order chi connectivity index (χ1) is 8.67. The molecule has 0 bridgehead atoms. The zero-order chi connectivity index (χ0) is 12.6. The predicted octanol–water partition coefficient (Wildman–Crippen LogP) is 3.52. The molecule has 2 heteroatoms. The molecule has 1 atom stereocenters. The average Bonchev–Trinajstić information content (AvgIpc) is 2.38. The molecular weight excluding hydrogens is 222 g/mol. The van der Waals surface area contributed by atoms with Gasteiger partial charge in [0.25, 0.3) is 0 Å². The Balaban J connectivity index is 1.91. The predicted molar refractivity (Wildman–Crippen MR) is 73.8 cm³/mol. The Labute approximate surface area is 110 Å². The number of benzene rings is 1. The topological polar surface area (TPSA) is 35.2 Å². The molecule has 1 aliphatic carbocycles. The van der Waals surface area contributed by atoms with Gasteiger partial charge in [0.15, 0.2) is 0 Å². The average molecular weight is 245 g/mol. The van der Waals surface area contributed by atoms with Crippen molar-refractivity contribution >= 4 is 0 Å². The van der Waals surface area contributed by atoms with Crippen LogP contribution in [0.5, 0.6) is 5.75 Å². The summed E-state index contributed by atoms with van der Waals surface area (Å²) < 4.78 is 5.95. The van der Waals surface area contributed by atoms with Gasteiger partial charge in [-0.05, 0) is 49.8 Å². The van der Waals surface area contributed by atoms with Crippen LogP contribution in [0.15, 0.2) is 18.2 Å². The first-order valence-electron chi connectivity index (χ1n) is 7.26. The van der Waals surface area contributed by atoms with E-state index in [4.69, 9.17) is 10.5 Å². The second-order valence-corrected chi connectivity index (χ2v) is 6.01. The van der Waals surface area contributed by atoms with Crippen LogP contribution in [-0.2, 0) is 12.0 Å². The van der Waals surface area contributed by atoms with Crippen molar-refractivity contribution in [3.05, 3.63) is 29.3 Å². The lowest BCUT2D eigenvalue weighted by Gasteiger charge is -2.35. The Hall–Kier alpha value is -1.02. The maximum absolute atomic E-state index is 6.59. The van der Waals surface area contributed by atoms with E-state index in [0.29, 0.717) is 6.10 Å². The molecule has 2 aliphatic rings. The summed E-state index contributed by atoms with van der Waals surface area (Å²) >= 11 is 0. The number of fused-ring (bicyclic) bond motifs is 1. The number of hydrogen-bond donors (Lipinski definition) is 1. The summed E-state index contributed by atoms with van der Waals surface area (Å²) in [7, 11) is 0. The van der Waals surface area contributed by atoms with Gasteiger partial charge in [0.05, 0.1) is 6.10 Å². The van der Waals surface area contributed by atoms with Gasteiger partial charge in [0.2, 0.25) is 0 Å². The Morgan fingerprint density at radius 3 is 2.78 bits per heavy atom. The van der Waals surface area contributed by atoms with Crippen molar-refractivity contribution in [1.29, 1.82) is 0 Å². The largest absolute Gasteiger partial charge is 0.490 e. The summed E-state index contributed by atoms with van der Waals surface area (Å²) in [5.74, 6) is 1.07. The molecule has 2 N–H and O–H groups in total. The standard InChI is InChI=1S/C16H23NO/c1-12-5-6-13-7-8-14(11-15(13)18-12)16(17)9-3-2-4-10-16/h7-8,11-12H,2-6,9-10,17H2,1H3. The minimum Gasteiger partial charge on any atom is -0.490 e. The number of nitrogens with two attached hydrogens (primary N) is 1. The second-order valence-electron chi connectivity index (χ2n) is 6.01. The molecule has 1 aromatic carbocycles. The van der Waals surface area contributed by atoms with E-state index < -0.39 is 0 Å². The third kappa shape index (κ3) is 2.14. The van der Waals surface area contributed by atoms with Gasteiger partial charge in [-0.3, -0.25) is 0 Å². The van der Waals surface area contributed by atoms with Gasteiger partial charge in [-0.15, -0.1) is 0 Å². The Kier molecular flexibility index (Phi) is 3.06. The quantitative estimate of drug-likeness (QED) is 0.821. The lowest BCUT2D eigenvalue weighted by atomic mass is 9.77. The van der Waals surface area contributed by atoms with Crippen molar-refractivity contribution in [2.24, 2.45) is 5.73 Å². The minimum atomic E-state index is -0.114. The van der Waals surface area contributed by atoms with Crippen LogP contribution in [0.25, 0.3) is 0 Å². The van der Waals surface area contributed by atoms with E-state index >= 15 is 0 Å². The SMILES string of the molecule is CC1CCc2ccc(C3(N)CCCCC3)cc2O1. The highest BCUT2D eigenvalue weighted by Gasteiger charge is 2.30. The van der Waals surface area contributed by atoms with Crippen molar-refractivity contribution < 1.29 is 4.74 Å². The first-order valence-corrected chi connectivity index (χ1v) is 7.26. The molecule has 3 rings (SSSR count). The molecule has 98 valence electrons. The van der Waals surface area contributed by atoms with Crippen molar-refractivity contribution in [1.82, 2.24) is 0 Å². The highest BCUT2D eigenvalue weighted by atomic mass is 16.5. The van der Waals surface area contributed by atoms with E-state index in [9.17, 15) is 0 Å². The molecule has 0 radical (unpaired) electrons. The molecule has 0 spiro atoms. The van der Waals surface area contributed by atoms with Crippen LogP contribution in [0.3, 0.4) is 0 Å². The summed E-state index contributed by atoms with van der Waals surface area (Å²) in [6.45, 7) is 2.15. The molecule has 18 heavy (non-hydrogen) atoms. The molecule has 0 aromatic heterocycles. The van der Waals surface area contributed by atoms with Crippen LogP contribution >= 0.6 is 0 Å². The molecule has 1 heterocycles. The Bertz CT molecular complexity index is 435. The third-order valence-corrected chi connectivity index (χ3v) is 4.54. The van der Waals surface area contributed by atoms with Crippen LogP contribution < -0.4 is 10.5 Å². The second kappa shape index (κ2) is 4.58. The molecule has 2 nitrogen and oxygen atoms in total. The number of hydrogen-bond acceptors (Lipinski definition) is 2. The van der Waals surface area contributed by atoms with E-state index in [1.54, 1.807) is 0 Å². The van der Waals surface area contributed by atoms with E-state index in [0.717, 1.165) is 31.4 Å². The van der Waals surface area contributed by atoms with E-state index in [-0.39, 0.29) is 5.54 Å². The van der Waals surface area contributed by atoms with Gasteiger partial charge >= 0.3 is 0 Å². The van der Waals surface area contributed by atoms with E-state index in [2.05, 4.69) is 25.1 Å². The summed E-state index contributed by atoms with van der Waals surface area (Å²) in [6, 6.07) is 6.65. The summed E-state index contributed by atoms with van der Waals surface area (Å²) in [4.78, 5) is 0. The van der Waals surface area contributed by atoms with Crippen LogP contribution in [0.2, 0.25) is 0 Å². The Morgan fingerprint density at radius 2 is 2.00 bits per heavy atom. The molecule has 0 saturated heterocycles. The van der Waals surface area contributed by atoms with Crippen LogP contribution in [-0.4, -0.2) is 6.10 Å². The zero-order valence-electron chi connectivity index (χ0n) is 11.2. The fourth-order valence-corrected chi connectivity index (χ4v) is 3.29. The smallest absolute Gasteiger partial charge is 0.123 e. The fraction of sp³-hybridized carbons (Fsp3) is 0.625. The highest BCUT2D eigenvalue weighted by molar-refractivity contribution is 5.41. The molecule has 0 amide bonds. The molecule has 1 unspecified atom stereocenters. The maximum Gasteiger partial charge on any atom is 0.123 e. The molecule has 1 saturated carbocycles. The zero-order valence-corrected chi connectivity index (χ0v) is 11.2. The van der Waals surface area contributed by atoms with Crippen molar-refractivity contribution in [3.8, 4) is 5.75 Å². The third-order valence-electron chi connectivity index (χ3n) is 4.54. The van der Waals surface area contributed by atoms with Crippen molar-refractivity contribution in [2.45, 2.75) is 63.5 Å². The van der Waals surface area contributed by atoms with Crippen LogP contribution in [0, 0.1) is 0 Å². The molecule has 1 aromatic rings. The fourth-order valence-electron chi connectivity index (χ4n) is 3.29. The van der Waals surface area contributed by atoms with Gasteiger partial charge in [0.1, 0.15) is 5.75 Å². The summed E-state index contributed by atoms with van der Waals surface area (Å²) in [5.41, 5.74) is 9.10. The van der Waals surface area contributed by atoms with Gasteiger partial charge < -0.3 is 10.5 Å². The summed E-state index contributed by atoms with van der Waals surface area (Å²) in [6.07, 6.45) is 8.66. The number of aryl methyl sites for hydroxylation is 1. The van der Waals surface area contributed by atoms with Gasteiger partial charge in [0, 0.05) is 5.54 Å². The van der Waals surface area contributed by atoms with Gasteiger partial charge in [-0.1, -0.05) is 31.4 Å². The lowest BCUT2D eigenvalue weighted by Crippen LogP contribution is -2.38. The highest BCUT2D eigenvalue weighted by Crippen LogP contribution is 2.38. The molecule has 1 fully saturated rings. The number of rotatable bonds is 1. The van der Waals surface area contributed by atoms with Gasteiger partial charge in [-0.2, -0.15) is 0 Å². The van der Waals surface area contributed by atoms with Crippen LogP contribution in [0.4, 0.5) is 0 Å². The Morgan fingerprint density at radius 1 is 1.22 bits per heavy atom. The number of ether oxygens (including phenoxy) is 1. The normalized spacial score (nSPS) is 26.2. The van der Waals surface area contributed by atoms with Gasteiger partial charge in [-0.25, -0.2) is 0 Å². The summed E-state index contributed by atoms with van der Waals surface area (Å²) in [5, 5.41) is 0. The molecule has 1 aliphatic heterocycles.